The van der Waals surface area contributed by atoms with E-state index in [0.717, 1.165) is 11.0 Å². The van der Waals surface area contributed by atoms with E-state index in [-0.39, 0.29) is 0 Å². The second kappa shape index (κ2) is 10.5. The molecule has 2 aromatic carbocycles. The summed E-state index contributed by atoms with van der Waals surface area (Å²) in [6.07, 6.45) is 9.39. The minimum absolute atomic E-state index is 0.865. The second-order valence-electron chi connectivity index (χ2n) is 6.19. The molecule has 0 aliphatic rings. The Morgan fingerprint density at radius 1 is 0.739 bits per heavy atom. The third kappa shape index (κ3) is 7.22. The third-order valence-corrected chi connectivity index (χ3v) is 4.71. The van der Waals surface area contributed by atoms with Gasteiger partial charge in [-0.2, -0.15) is 0 Å². The van der Waals surface area contributed by atoms with Crippen LogP contribution in [0.5, 0.6) is 0 Å². The van der Waals surface area contributed by atoms with Gasteiger partial charge in [0.25, 0.3) is 0 Å². The van der Waals surface area contributed by atoms with Crippen LogP contribution in [0, 0.1) is 0 Å². The largest absolute Gasteiger partial charge is 0.381 e. The molecule has 0 atom stereocenters. The van der Waals surface area contributed by atoms with Crippen molar-refractivity contribution in [2.45, 2.75) is 58.4 Å². The van der Waals surface area contributed by atoms with Crippen LogP contribution < -0.4 is 5.32 Å². The smallest absolute Gasteiger partial charge is 0.0400 e. The molecule has 0 unspecified atom stereocenters. The summed E-state index contributed by atoms with van der Waals surface area (Å²) in [5.74, 6) is 0. The van der Waals surface area contributed by atoms with Gasteiger partial charge in [0.2, 0.25) is 0 Å². The average molecular weight is 374 g/mol. The number of benzene rings is 2. The van der Waals surface area contributed by atoms with Crippen LogP contribution in [0.15, 0.2) is 53.0 Å². The van der Waals surface area contributed by atoms with Crippen LogP contribution in [0.25, 0.3) is 0 Å². The quantitative estimate of drug-likeness (QED) is 0.443. The summed E-state index contributed by atoms with van der Waals surface area (Å²) in [4.78, 5) is 0. The van der Waals surface area contributed by atoms with Crippen molar-refractivity contribution < 1.29 is 0 Å². The van der Waals surface area contributed by atoms with Gasteiger partial charge in [-0.25, -0.2) is 0 Å². The van der Waals surface area contributed by atoms with E-state index in [0.29, 0.717) is 0 Å². The lowest BCUT2D eigenvalue weighted by Crippen LogP contribution is -1.99. The molecular formula is C21H28BrN. The summed E-state index contributed by atoms with van der Waals surface area (Å²) in [5, 5.41) is 3.48. The molecule has 0 amide bonds. The summed E-state index contributed by atoms with van der Waals surface area (Å²) >= 11 is 3.47. The number of hydrogen-bond acceptors (Lipinski definition) is 1. The first-order chi connectivity index (χ1) is 11.3. The maximum Gasteiger partial charge on any atom is 0.0400 e. The van der Waals surface area contributed by atoms with Crippen LogP contribution in [0.3, 0.4) is 0 Å². The SMILES string of the molecule is CCCCCCCCc1ccc(NCc2ccc(Br)cc2)cc1. The zero-order valence-electron chi connectivity index (χ0n) is 14.2. The van der Waals surface area contributed by atoms with E-state index in [2.05, 4.69) is 76.7 Å². The lowest BCUT2D eigenvalue weighted by molar-refractivity contribution is 0.607. The first kappa shape index (κ1) is 18.1. The lowest BCUT2D eigenvalue weighted by Gasteiger charge is -2.08. The fraction of sp³-hybridized carbons (Fsp3) is 0.429. The Balaban J connectivity index is 1.68. The van der Waals surface area contributed by atoms with Gasteiger partial charge in [-0.1, -0.05) is 79.2 Å². The highest BCUT2D eigenvalue weighted by Gasteiger charge is 1.97. The molecule has 2 heteroatoms. The predicted molar refractivity (Wildman–Crippen MR) is 105 cm³/mol. The van der Waals surface area contributed by atoms with E-state index in [4.69, 9.17) is 0 Å². The number of anilines is 1. The fourth-order valence-electron chi connectivity index (χ4n) is 2.71. The number of nitrogens with one attached hydrogen (secondary N) is 1. The number of halogens is 1. The van der Waals surface area contributed by atoms with Gasteiger partial charge in [-0.3, -0.25) is 0 Å². The molecule has 0 aliphatic carbocycles. The Labute approximate surface area is 149 Å². The molecule has 23 heavy (non-hydrogen) atoms. The highest BCUT2D eigenvalue weighted by Crippen LogP contribution is 2.15. The Hall–Kier alpha value is -1.28. The summed E-state index contributed by atoms with van der Waals surface area (Å²) in [6.45, 7) is 3.14. The number of hydrogen-bond donors (Lipinski definition) is 1. The van der Waals surface area contributed by atoms with Crippen LogP contribution in [-0.4, -0.2) is 0 Å². The molecule has 0 saturated carbocycles. The minimum Gasteiger partial charge on any atom is -0.381 e. The minimum atomic E-state index is 0.865. The molecule has 1 nitrogen and oxygen atoms in total. The van der Waals surface area contributed by atoms with E-state index >= 15 is 0 Å². The van der Waals surface area contributed by atoms with E-state index in [1.54, 1.807) is 0 Å². The number of rotatable bonds is 10. The van der Waals surface area contributed by atoms with Gasteiger partial charge in [-0.05, 0) is 48.2 Å². The Morgan fingerprint density at radius 2 is 1.35 bits per heavy atom. The monoisotopic (exact) mass is 373 g/mol. The highest BCUT2D eigenvalue weighted by molar-refractivity contribution is 9.10. The van der Waals surface area contributed by atoms with Crippen molar-refractivity contribution in [3.8, 4) is 0 Å². The molecule has 1 N–H and O–H groups in total. The fourth-order valence-corrected chi connectivity index (χ4v) is 2.97. The Bertz CT molecular complexity index is 545. The molecule has 0 spiro atoms. The van der Waals surface area contributed by atoms with Crippen LogP contribution in [0.1, 0.15) is 56.6 Å². The molecule has 0 aliphatic heterocycles. The molecule has 2 aromatic rings. The standard InChI is InChI=1S/C21H28BrN/c1-2-3-4-5-6-7-8-18-11-15-21(16-12-18)23-17-19-9-13-20(22)14-10-19/h9-16,23H,2-8,17H2,1H3. The molecule has 0 saturated heterocycles. The second-order valence-corrected chi connectivity index (χ2v) is 7.11. The van der Waals surface area contributed by atoms with Crippen molar-refractivity contribution >= 4 is 21.6 Å². The van der Waals surface area contributed by atoms with Crippen LogP contribution >= 0.6 is 15.9 Å². The van der Waals surface area contributed by atoms with Gasteiger partial charge in [0.15, 0.2) is 0 Å². The van der Waals surface area contributed by atoms with Crippen LogP contribution in [0.2, 0.25) is 0 Å². The summed E-state index contributed by atoms with van der Waals surface area (Å²) < 4.78 is 1.13. The molecule has 0 fully saturated rings. The van der Waals surface area contributed by atoms with Gasteiger partial charge in [0.05, 0.1) is 0 Å². The van der Waals surface area contributed by atoms with E-state index < -0.39 is 0 Å². The van der Waals surface area contributed by atoms with Gasteiger partial charge < -0.3 is 5.32 Å². The topological polar surface area (TPSA) is 12.0 Å². The summed E-state index contributed by atoms with van der Waals surface area (Å²) in [5.41, 5.74) is 3.94. The first-order valence-corrected chi connectivity index (χ1v) is 9.64. The van der Waals surface area contributed by atoms with Gasteiger partial charge >= 0.3 is 0 Å². The van der Waals surface area contributed by atoms with E-state index in [1.165, 1.54) is 61.8 Å². The maximum absolute atomic E-state index is 3.48. The van der Waals surface area contributed by atoms with Gasteiger partial charge in [0.1, 0.15) is 0 Å². The summed E-state index contributed by atoms with van der Waals surface area (Å²) in [7, 11) is 0. The molecule has 0 heterocycles. The van der Waals surface area contributed by atoms with Crippen LogP contribution in [-0.2, 0) is 13.0 Å². The van der Waals surface area contributed by atoms with Crippen molar-refractivity contribution in [2.24, 2.45) is 0 Å². The van der Waals surface area contributed by atoms with Crippen LogP contribution in [0.4, 0.5) is 5.69 Å². The maximum atomic E-state index is 3.48. The lowest BCUT2D eigenvalue weighted by atomic mass is 10.0. The van der Waals surface area contributed by atoms with Gasteiger partial charge in [-0.15, -0.1) is 0 Å². The van der Waals surface area contributed by atoms with Crippen molar-refractivity contribution in [1.82, 2.24) is 0 Å². The molecule has 124 valence electrons. The van der Waals surface area contributed by atoms with E-state index in [9.17, 15) is 0 Å². The van der Waals surface area contributed by atoms with Crippen molar-refractivity contribution in [3.05, 3.63) is 64.1 Å². The highest BCUT2D eigenvalue weighted by atomic mass is 79.9. The Morgan fingerprint density at radius 3 is 2.04 bits per heavy atom. The molecule has 0 aromatic heterocycles. The Kier molecular flexibility index (Phi) is 8.24. The zero-order chi connectivity index (χ0) is 16.3. The number of aryl methyl sites for hydroxylation is 1. The van der Waals surface area contributed by atoms with E-state index in [1.807, 2.05) is 0 Å². The third-order valence-electron chi connectivity index (χ3n) is 4.18. The molecule has 0 bridgehead atoms. The molecule has 0 radical (unpaired) electrons. The zero-order valence-corrected chi connectivity index (χ0v) is 15.7. The summed E-state index contributed by atoms with van der Waals surface area (Å²) in [6, 6.07) is 17.4. The van der Waals surface area contributed by atoms with Gasteiger partial charge in [0, 0.05) is 16.7 Å². The normalized spacial score (nSPS) is 10.7. The first-order valence-electron chi connectivity index (χ1n) is 8.85. The van der Waals surface area contributed by atoms with Crippen molar-refractivity contribution in [3.63, 3.8) is 0 Å². The molecule has 2 rings (SSSR count). The predicted octanol–water partition coefficient (Wildman–Crippen LogP) is 6.96. The van der Waals surface area contributed by atoms with Crippen molar-refractivity contribution in [1.29, 1.82) is 0 Å². The number of unbranched alkanes of at least 4 members (excludes halogenated alkanes) is 5. The molecular weight excluding hydrogens is 346 g/mol. The average Bonchev–Trinajstić information content (AvgIpc) is 2.58. The van der Waals surface area contributed by atoms with Crippen molar-refractivity contribution in [2.75, 3.05) is 5.32 Å².